The quantitative estimate of drug-likeness (QED) is 0.900. The number of anilines is 2. The molecule has 0 saturated heterocycles. The van der Waals surface area contributed by atoms with Crippen molar-refractivity contribution >= 4 is 33.3 Å². The lowest BCUT2D eigenvalue weighted by Crippen LogP contribution is -2.16. The summed E-state index contributed by atoms with van der Waals surface area (Å²) >= 11 is 3.35. The van der Waals surface area contributed by atoms with Gasteiger partial charge in [-0.15, -0.1) is 0 Å². The Labute approximate surface area is 126 Å². The maximum atomic E-state index is 12.3. The molecule has 0 unspecified atom stereocenters. The standard InChI is InChI=1S/C14H15BrN4O/c1-3-16-12-7-9(2)18-8-10(12)14(20)19-13-11(15)5-4-6-17-13/h4-8H,3H2,1-2H3,(H,16,18)(H,17,19,20). The van der Waals surface area contributed by atoms with Crippen LogP contribution < -0.4 is 10.6 Å². The number of rotatable bonds is 4. The van der Waals surface area contributed by atoms with Gasteiger partial charge in [-0.05, 0) is 48.0 Å². The molecule has 0 aliphatic heterocycles. The minimum Gasteiger partial charge on any atom is -0.385 e. The van der Waals surface area contributed by atoms with Gasteiger partial charge in [0.25, 0.3) is 5.91 Å². The number of hydrogen-bond acceptors (Lipinski definition) is 4. The zero-order chi connectivity index (χ0) is 14.5. The first-order chi connectivity index (χ1) is 9.61. The molecular weight excluding hydrogens is 320 g/mol. The van der Waals surface area contributed by atoms with Crippen LogP contribution in [0.1, 0.15) is 23.0 Å². The second-order valence-electron chi connectivity index (χ2n) is 4.19. The summed E-state index contributed by atoms with van der Waals surface area (Å²) in [5, 5.41) is 5.93. The third-order valence-corrected chi connectivity index (χ3v) is 3.28. The Balaban J connectivity index is 2.27. The second kappa shape index (κ2) is 6.47. The summed E-state index contributed by atoms with van der Waals surface area (Å²) < 4.78 is 0.735. The van der Waals surface area contributed by atoms with E-state index in [-0.39, 0.29) is 5.91 Å². The van der Waals surface area contributed by atoms with Gasteiger partial charge in [-0.1, -0.05) is 0 Å². The van der Waals surface area contributed by atoms with E-state index in [2.05, 4.69) is 36.5 Å². The van der Waals surface area contributed by atoms with Crippen LogP contribution in [0, 0.1) is 6.92 Å². The monoisotopic (exact) mass is 334 g/mol. The van der Waals surface area contributed by atoms with E-state index >= 15 is 0 Å². The van der Waals surface area contributed by atoms with E-state index in [0.717, 1.165) is 22.4 Å². The smallest absolute Gasteiger partial charge is 0.260 e. The van der Waals surface area contributed by atoms with Crippen molar-refractivity contribution in [2.45, 2.75) is 13.8 Å². The van der Waals surface area contributed by atoms with Crippen LogP contribution in [0.25, 0.3) is 0 Å². The normalized spacial score (nSPS) is 10.2. The van der Waals surface area contributed by atoms with Gasteiger partial charge < -0.3 is 10.6 Å². The Hall–Kier alpha value is -1.95. The van der Waals surface area contributed by atoms with E-state index in [1.54, 1.807) is 18.5 Å². The highest BCUT2D eigenvalue weighted by Crippen LogP contribution is 2.21. The van der Waals surface area contributed by atoms with Crippen LogP contribution in [0.2, 0.25) is 0 Å². The molecule has 0 spiro atoms. The van der Waals surface area contributed by atoms with Crippen molar-refractivity contribution in [2.75, 3.05) is 17.2 Å². The Morgan fingerprint density at radius 1 is 1.40 bits per heavy atom. The maximum Gasteiger partial charge on any atom is 0.260 e. The fourth-order valence-corrected chi connectivity index (χ4v) is 2.08. The summed E-state index contributed by atoms with van der Waals surface area (Å²) in [5.41, 5.74) is 2.12. The number of pyridine rings is 2. The van der Waals surface area contributed by atoms with Crippen molar-refractivity contribution < 1.29 is 4.79 Å². The van der Waals surface area contributed by atoms with E-state index in [1.807, 2.05) is 26.0 Å². The fraction of sp³-hybridized carbons (Fsp3) is 0.214. The molecular formula is C14H15BrN4O. The minimum absolute atomic E-state index is 0.243. The molecule has 0 atom stereocenters. The third kappa shape index (κ3) is 3.33. The summed E-state index contributed by atoms with van der Waals surface area (Å²) in [6.45, 7) is 4.60. The molecule has 0 bridgehead atoms. The lowest BCUT2D eigenvalue weighted by Gasteiger charge is -2.11. The molecule has 2 aromatic rings. The molecule has 6 heteroatoms. The number of aryl methyl sites for hydroxylation is 1. The average molecular weight is 335 g/mol. The summed E-state index contributed by atoms with van der Waals surface area (Å²) in [6.07, 6.45) is 3.19. The van der Waals surface area contributed by atoms with Crippen molar-refractivity contribution in [3.63, 3.8) is 0 Å². The van der Waals surface area contributed by atoms with Crippen LogP contribution in [0.4, 0.5) is 11.5 Å². The number of aromatic nitrogens is 2. The fourth-order valence-electron chi connectivity index (χ4n) is 1.73. The number of nitrogens with one attached hydrogen (secondary N) is 2. The predicted molar refractivity (Wildman–Crippen MR) is 83.0 cm³/mol. The zero-order valence-corrected chi connectivity index (χ0v) is 12.9. The second-order valence-corrected chi connectivity index (χ2v) is 5.04. The van der Waals surface area contributed by atoms with Crippen LogP contribution in [0.15, 0.2) is 35.1 Å². The lowest BCUT2D eigenvalue weighted by molar-refractivity contribution is 0.102. The molecule has 2 rings (SSSR count). The number of nitrogens with zero attached hydrogens (tertiary/aromatic N) is 2. The highest BCUT2D eigenvalue weighted by atomic mass is 79.9. The van der Waals surface area contributed by atoms with Crippen LogP contribution in [0.5, 0.6) is 0 Å². The zero-order valence-electron chi connectivity index (χ0n) is 11.3. The highest BCUT2D eigenvalue weighted by Gasteiger charge is 2.14. The van der Waals surface area contributed by atoms with E-state index in [9.17, 15) is 4.79 Å². The highest BCUT2D eigenvalue weighted by molar-refractivity contribution is 9.10. The van der Waals surface area contributed by atoms with Gasteiger partial charge in [0, 0.05) is 24.6 Å². The van der Waals surface area contributed by atoms with Crippen molar-refractivity contribution in [3.8, 4) is 0 Å². The number of amides is 1. The molecule has 0 radical (unpaired) electrons. The summed E-state index contributed by atoms with van der Waals surface area (Å²) in [5.74, 6) is 0.244. The summed E-state index contributed by atoms with van der Waals surface area (Å²) in [4.78, 5) is 20.6. The SMILES string of the molecule is CCNc1cc(C)ncc1C(=O)Nc1ncccc1Br. The Morgan fingerprint density at radius 2 is 2.20 bits per heavy atom. The first-order valence-electron chi connectivity index (χ1n) is 6.24. The lowest BCUT2D eigenvalue weighted by atomic mass is 10.2. The molecule has 0 saturated carbocycles. The largest absolute Gasteiger partial charge is 0.385 e. The van der Waals surface area contributed by atoms with Gasteiger partial charge >= 0.3 is 0 Å². The van der Waals surface area contributed by atoms with Gasteiger partial charge in [0.1, 0.15) is 5.82 Å². The molecule has 0 fully saturated rings. The number of hydrogen-bond donors (Lipinski definition) is 2. The molecule has 20 heavy (non-hydrogen) atoms. The van der Waals surface area contributed by atoms with Crippen molar-refractivity contribution in [1.29, 1.82) is 0 Å². The number of halogens is 1. The topological polar surface area (TPSA) is 66.9 Å². The van der Waals surface area contributed by atoms with Gasteiger partial charge in [0.2, 0.25) is 0 Å². The first-order valence-corrected chi connectivity index (χ1v) is 7.03. The van der Waals surface area contributed by atoms with Crippen molar-refractivity contribution in [1.82, 2.24) is 9.97 Å². The van der Waals surface area contributed by atoms with E-state index in [0.29, 0.717) is 11.4 Å². The molecule has 5 nitrogen and oxygen atoms in total. The molecule has 104 valence electrons. The Morgan fingerprint density at radius 3 is 2.90 bits per heavy atom. The first kappa shape index (κ1) is 14.5. The number of carbonyl (C=O) groups excluding carboxylic acids is 1. The molecule has 0 aliphatic carbocycles. The van der Waals surface area contributed by atoms with Gasteiger partial charge in [0.15, 0.2) is 0 Å². The molecule has 0 aliphatic rings. The van der Waals surface area contributed by atoms with E-state index < -0.39 is 0 Å². The van der Waals surface area contributed by atoms with Gasteiger partial charge in [-0.25, -0.2) is 4.98 Å². The molecule has 2 aromatic heterocycles. The summed E-state index contributed by atoms with van der Waals surface area (Å²) in [7, 11) is 0. The Kier molecular flexibility index (Phi) is 4.68. The molecule has 0 aromatic carbocycles. The number of carbonyl (C=O) groups is 1. The molecule has 1 amide bonds. The Bertz CT molecular complexity index is 630. The third-order valence-electron chi connectivity index (χ3n) is 2.64. The van der Waals surface area contributed by atoms with Gasteiger partial charge in [-0.2, -0.15) is 0 Å². The average Bonchev–Trinajstić information content (AvgIpc) is 2.42. The molecule has 2 heterocycles. The van der Waals surface area contributed by atoms with Crippen LogP contribution >= 0.6 is 15.9 Å². The van der Waals surface area contributed by atoms with Gasteiger partial charge in [0.05, 0.1) is 15.7 Å². The minimum atomic E-state index is -0.243. The van der Waals surface area contributed by atoms with Crippen LogP contribution in [-0.2, 0) is 0 Å². The van der Waals surface area contributed by atoms with Crippen LogP contribution in [0.3, 0.4) is 0 Å². The van der Waals surface area contributed by atoms with E-state index in [4.69, 9.17) is 0 Å². The van der Waals surface area contributed by atoms with Crippen molar-refractivity contribution in [2.24, 2.45) is 0 Å². The molecule has 2 N–H and O–H groups in total. The predicted octanol–water partition coefficient (Wildman–Crippen LogP) is 3.23. The van der Waals surface area contributed by atoms with Crippen molar-refractivity contribution in [3.05, 3.63) is 46.3 Å². The van der Waals surface area contributed by atoms with Crippen LogP contribution in [-0.4, -0.2) is 22.4 Å². The van der Waals surface area contributed by atoms with E-state index in [1.165, 1.54) is 0 Å². The maximum absolute atomic E-state index is 12.3. The van der Waals surface area contributed by atoms with Gasteiger partial charge in [-0.3, -0.25) is 9.78 Å². The summed E-state index contributed by atoms with van der Waals surface area (Å²) in [6, 6.07) is 5.46.